The van der Waals surface area contributed by atoms with E-state index in [1.54, 1.807) is 0 Å². The molecule has 0 heterocycles. The van der Waals surface area contributed by atoms with Crippen LogP contribution in [-0.4, -0.2) is 12.7 Å². The third kappa shape index (κ3) is 16.1. The van der Waals surface area contributed by atoms with Gasteiger partial charge in [0.25, 0.3) is 0 Å². The molecular weight excluding hydrogens is 158 g/mol. The summed E-state index contributed by atoms with van der Waals surface area (Å²) in [4.78, 5) is 0. The maximum atomic E-state index is 9.93. The standard InChI is InChI=1S/C4H8O2.2K/c1-4(6)2-3-5;;/h4H,2-3H2,1H3;;/q-2;2*+1. The Balaban J connectivity index is -0.000000125. The monoisotopic (exact) mass is 166 g/mol. The van der Waals surface area contributed by atoms with Crippen molar-refractivity contribution in [2.24, 2.45) is 0 Å². The van der Waals surface area contributed by atoms with Crippen LogP contribution in [0.4, 0.5) is 0 Å². The first-order valence-corrected chi connectivity index (χ1v) is 2.01. The van der Waals surface area contributed by atoms with Crippen molar-refractivity contribution in [2.75, 3.05) is 6.61 Å². The summed E-state index contributed by atoms with van der Waals surface area (Å²) in [5.74, 6) is 0. The first-order valence-electron chi connectivity index (χ1n) is 2.01. The molecule has 4 heteroatoms. The Hall–Kier alpha value is 3.19. The molecule has 0 aromatic heterocycles. The SMILES string of the molecule is CC([O-])CC[O-].[K+].[K+]. The molecule has 2 nitrogen and oxygen atoms in total. The van der Waals surface area contributed by atoms with Crippen LogP contribution < -0.4 is 113 Å². The molecule has 0 saturated heterocycles. The van der Waals surface area contributed by atoms with Crippen molar-refractivity contribution < 1.29 is 113 Å². The van der Waals surface area contributed by atoms with Crippen LogP contribution in [0.5, 0.6) is 0 Å². The summed E-state index contributed by atoms with van der Waals surface area (Å²) >= 11 is 0. The van der Waals surface area contributed by atoms with E-state index in [0.717, 1.165) is 0 Å². The van der Waals surface area contributed by atoms with Gasteiger partial charge in [-0.1, -0.05) is 13.3 Å². The summed E-state index contributed by atoms with van der Waals surface area (Å²) in [5.41, 5.74) is 0. The third-order valence-corrected chi connectivity index (χ3v) is 0.524. The average molecular weight is 166 g/mol. The van der Waals surface area contributed by atoms with Crippen molar-refractivity contribution in [3.05, 3.63) is 0 Å². The molecule has 0 N–H and O–H groups in total. The fourth-order valence-electron chi connectivity index (χ4n) is 0.166. The zero-order valence-electron chi connectivity index (χ0n) is 5.81. The molecule has 0 aromatic carbocycles. The van der Waals surface area contributed by atoms with E-state index in [0.29, 0.717) is 0 Å². The smallest absolute Gasteiger partial charge is 0.854 e. The Morgan fingerprint density at radius 1 is 1.38 bits per heavy atom. The molecule has 0 aliphatic carbocycles. The molecule has 0 radical (unpaired) electrons. The van der Waals surface area contributed by atoms with Gasteiger partial charge in [-0.15, -0.1) is 12.7 Å². The maximum absolute atomic E-state index is 9.93. The van der Waals surface area contributed by atoms with Crippen molar-refractivity contribution in [3.8, 4) is 0 Å². The maximum Gasteiger partial charge on any atom is 1.00 e. The predicted molar refractivity (Wildman–Crippen MR) is 18.9 cm³/mol. The Morgan fingerprint density at radius 2 is 1.75 bits per heavy atom. The summed E-state index contributed by atoms with van der Waals surface area (Å²) in [6.45, 7) is 1.27. The van der Waals surface area contributed by atoms with Gasteiger partial charge in [-0.25, -0.2) is 0 Å². The summed E-state index contributed by atoms with van der Waals surface area (Å²) < 4.78 is 0. The topological polar surface area (TPSA) is 46.1 Å². The predicted octanol–water partition coefficient (Wildman–Crippen LogP) is -7.51. The van der Waals surface area contributed by atoms with Crippen molar-refractivity contribution in [1.82, 2.24) is 0 Å². The van der Waals surface area contributed by atoms with Crippen LogP contribution >= 0.6 is 0 Å². The zero-order chi connectivity index (χ0) is 4.99. The first-order chi connectivity index (χ1) is 2.77. The fraction of sp³-hybridized carbons (Fsp3) is 1.00. The van der Waals surface area contributed by atoms with Crippen LogP contribution in [-0.2, 0) is 0 Å². The van der Waals surface area contributed by atoms with Crippen LogP contribution in [0, 0.1) is 0 Å². The van der Waals surface area contributed by atoms with Gasteiger partial charge in [0.2, 0.25) is 0 Å². The fourth-order valence-corrected chi connectivity index (χ4v) is 0.166. The van der Waals surface area contributed by atoms with E-state index in [1.165, 1.54) is 6.92 Å². The molecule has 1 atom stereocenters. The van der Waals surface area contributed by atoms with Gasteiger partial charge in [-0.2, -0.15) is 0 Å². The summed E-state index contributed by atoms with van der Waals surface area (Å²) in [6.07, 6.45) is -0.400. The second-order valence-electron chi connectivity index (χ2n) is 1.30. The first kappa shape index (κ1) is 17.3. The van der Waals surface area contributed by atoms with Crippen LogP contribution in [0.2, 0.25) is 0 Å². The van der Waals surface area contributed by atoms with E-state index in [-0.39, 0.29) is 116 Å². The Morgan fingerprint density at radius 3 is 1.75 bits per heavy atom. The van der Waals surface area contributed by atoms with E-state index >= 15 is 0 Å². The molecule has 0 rings (SSSR count). The van der Waals surface area contributed by atoms with Crippen LogP contribution in [0.25, 0.3) is 0 Å². The zero-order valence-corrected chi connectivity index (χ0v) is 12.1. The Labute approximate surface area is 135 Å². The molecule has 38 valence electrons. The molecule has 0 spiro atoms. The van der Waals surface area contributed by atoms with Crippen molar-refractivity contribution in [3.63, 3.8) is 0 Å². The molecule has 0 bridgehead atoms. The molecule has 0 fully saturated rings. The van der Waals surface area contributed by atoms with E-state index in [9.17, 15) is 10.2 Å². The van der Waals surface area contributed by atoms with Crippen LogP contribution in [0.15, 0.2) is 0 Å². The normalized spacial score (nSPS) is 10.9. The van der Waals surface area contributed by atoms with Crippen molar-refractivity contribution in [2.45, 2.75) is 19.4 Å². The van der Waals surface area contributed by atoms with Gasteiger partial charge in [0.1, 0.15) is 0 Å². The molecule has 1 unspecified atom stereocenters. The minimum atomic E-state index is -0.664. The minimum absolute atomic E-state index is 0. The minimum Gasteiger partial charge on any atom is -0.854 e. The van der Waals surface area contributed by atoms with Gasteiger partial charge in [-0.3, -0.25) is 0 Å². The molecule has 0 aromatic rings. The van der Waals surface area contributed by atoms with Gasteiger partial charge in [0.15, 0.2) is 0 Å². The number of hydrogen-bond donors (Lipinski definition) is 0. The molecule has 0 saturated carbocycles. The van der Waals surface area contributed by atoms with E-state index in [4.69, 9.17) is 0 Å². The van der Waals surface area contributed by atoms with E-state index in [1.807, 2.05) is 0 Å². The summed E-state index contributed by atoms with van der Waals surface area (Å²) in [5, 5.41) is 19.5. The van der Waals surface area contributed by atoms with Gasteiger partial charge in [0, 0.05) is 0 Å². The quantitative estimate of drug-likeness (QED) is 0.383. The molecule has 0 aliphatic rings. The molecule has 0 aliphatic heterocycles. The molecular formula is C4H8K2O2. The van der Waals surface area contributed by atoms with Crippen LogP contribution in [0.1, 0.15) is 13.3 Å². The van der Waals surface area contributed by atoms with Gasteiger partial charge < -0.3 is 10.2 Å². The average Bonchev–Trinajstić information content (AvgIpc) is 1.35. The molecule has 8 heavy (non-hydrogen) atoms. The third-order valence-electron chi connectivity index (χ3n) is 0.524. The summed E-state index contributed by atoms with van der Waals surface area (Å²) in [7, 11) is 0. The largest absolute Gasteiger partial charge is 1.00 e. The second kappa shape index (κ2) is 12.8. The van der Waals surface area contributed by atoms with Crippen molar-refractivity contribution in [1.29, 1.82) is 0 Å². The number of hydrogen-bond acceptors (Lipinski definition) is 2. The van der Waals surface area contributed by atoms with Crippen molar-refractivity contribution >= 4 is 0 Å². The van der Waals surface area contributed by atoms with Crippen LogP contribution in [0.3, 0.4) is 0 Å². The molecule has 0 amide bonds. The second-order valence-corrected chi connectivity index (χ2v) is 1.30. The summed E-state index contributed by atoms with van der Waals surface area (Å²) in [6, 6.07) is 0. The Bertz CT molecular complexity index is 33.2. The van der Waals surface area contributed by atoms with E-state index in [2.05, 4.69) is 0 Å². The Kier molecular flexibility index (Phi) is 27.8. The number of rotatable bonds is 2. The van der Waals surface area contributed by atoms with Gasteiger partial charge >= 0.3 is 103 Å². The van der Waals surface area contributed by atoms with Gasteiger partial charge in [-0.05, 0) is 0 Å². The van der Waals surface area contributed by atoms with E-state index < -0.39 is 6.10 Å². The van der Waals surface area contributed by atoms with Gasteiger partial charge in [0.05, 0.1) is 0 Å².